The summed E-state index contributed by atoms with van der Waals surface area (Å²) < 4.78 is 8.21. The van der Waals surface area contributed by atoms with Crippen molar-refractivity contribution in [1.82, 2.24) is 9.66 Å². The van der Waals surface area contributed by atoms with Crippen LogP contribution >= 0.6 is 43.5 Å². The molecule has 0 aliphatic rings. The molecule has 0 fully saturated rings. The third-order valence-electron chi connectivity index (χ3n) is 5.41. The van der Waals surface area contributed by atoms with Crippen LogP contribution in [0, 0.1) is 0 Å². The number of hydrogen-bond acceptors (Lipinski definition) is 5. The number of carbonyl (C=O) groups excluding carboxylic acids is 1. The fraction of sp³-hybridized carbons (Fsp3) is 0. The van der Waals surface area contributed by atoms with Crippen molar-refractivity contribution in [3.63, 3.8) is 0 Å². The molecule has 0 amide bonds. The summed E-state index contributed by atoms with van der Waals surface area (Å²) in [4.78, 5) is 30.9. The first kappa shape index (κ1) is 25.1. The maximum atomic E-state index is 13.5. The molecule has 9 heteroatoms. The molecule has 0 atom stereocenters. The predicted molar refractivity (Wildman–Crippen MR) is 153 cm³/mol. The van der Waals surface area contributed by atoms with Crippen LogP contribution in [-0.2, 0) is 0 Å². The van der Waals surface area contributed by atoms with Gasteiger partial charge >= 0.3 is 5.97 Å². The number of carbonyl (C=O) groups is 1. The highest BCUT2D eigenvalue weighted by Crippen LogP contribution is 2.33. The molecule has 0 unspecified atom stereocenters. The second-order valence-electron chi connectivity index (χ2n) is 7.88. The lowest BCUT2D eigenvalue weighted by molar-refractivity contribution is 0.0733. The number of fused-ring (bicyclic) bond motifs is 1. The van der Waals surface area contributed by atoms with Crippen molar-refractivity contribution >= 4 is 66.5 Å². The smallest absolute Gasteiger partial charge is 0.343 e. The van der Waals surface area contributed by atoms with Crippen molar-refractivity contribution in [2.45, 2.75) is 0 Å². The second-order valence-corrected chi connectivity index (χ2v) is 10.1. The molecule has 0 saturated heterocycles. The molecule has 182 valence electrons. The van der Waals surface area contributed by atoms with Gasteiger partial charge in [-0.15, -0.1) is 0 Å². The zero-order valence-electron chi connectivity index (χ0n) is 18.9. The largest absolute Gasteiger partial charge is 0.421 e. The lowest BCUT2D eigenvalue weighted by Crippen LogP contribution is -2.20. The summed E-state index contributed by atoms with van der Waals surface area (Å²) in [5, 5.41) is 5.48. The summed E-state index contributed by atoms with van der Waals surface area (Å²) in [5.41, 5.74) is 1.73. The van der Waals surface area contributed by atoms with E-state index in [2.05, 4.69) is 37.0 Å². The van der Waals surface area contributed by atoms with Gasteiger partial charge in [-0.25, -0.2) is 9.78 Å². The van der Waals surface area contributed by atoms with Gasteiger partial charge in [0, 0.05) is 20.6 Å². The Kier molecular flexibility index (Phi) is 7.32. The first-order valence-corrected chi connectivity index (χ1v) is 13.0. The fourth-order valence-corrected chi connectivity index (χ4v) is 5.11. The Balaban J connectivity index is 1.63. The van der Waals surface area contributed by atoms with E-state index >= 15 is 0 Å². The molecule has 1 heterocycles. The lowest BCUT2D eigenvalue weighted by Gasteiger charge is -2.12. The van der Waals surface area contributed by atoms with Gasteiger partial charge in [0.2, 0.25) is 0 Å². The van der Waals surface area contributed by atoms with Crippen LogP contribution in [0.1, 0.15) is 15.9 Å². The second kappa shape index (κ2) is 10.8. The summed E-state index contributed by atoms with van der Waals surface area (Å²) in [6, 6.07) is 26.2. The average molecular weight is 638 g/mol. The molecule has 37 heavy (non-hydrogen) atoms. The van der Waals surface area contributed by atoms with Gasteiger partial charge < -0.3 is 4.74 Å². The number of nitrogens with zero attached hydrogens (tertiary/aromatic N) is 3. The first-order chi connectivity index (χ1) is 17.9. The van der Waals surface area contributed by atoms with Crippen molar-refractivity contribution in [3.05, 3.63) is 126 Å². The molecule has 5 aromatic rings. The van der Waals surface area contributed by atoms with Gasteiger partial charge in [0.25, 0.3) is 5.56 Å². The van der Waals surface area contributed by atoms with Gasteiger partial charge in [-0.2, -0.15) is 9.78 Å². The molecule has 0 bridgehead atoms. The molecule has 0 saturated carbocycles. The minimum absolute atomic E-state index is 0.260. The Morgan fingerprint density at radius 1 is 0.946 bits per heavy atom. The van der Waals surface area contributed by atoms with Gasteiger partial charge in [-0.05, 0) is 76.6 Å². The predicted octanol–water partition coefficient (Wildman–Crippen LogP) is 7.34. The van der Waals surface area contributed by atoms with Crippen LogP contribution in [-0.4, -0.2) is 21.8 Å². The number of benzene rings is 4. The monoisotopic (exact) mass is 635 g/mol. The molecule has 4 aromatic carbocycles. The summed E-state index contributed by atoms with van der Waals surface area (Å²) in [5.74, 6) is 0.0776. The molecule has 1 aromatic heterocycles. The highest BCUT2D eigenvalue weighted by atomic mass is 79.9. The summed E-state index contributed by atoms with van der Waals surface area (Å²) >= 11 is 13.0. The summed E-state index contributed by atoms with van der Waals surface area (Å²) in [7, 11) is 0. The van der Waals surface area contributed by atoms with Crippen LogP contribution in [0.15, 0.2) is 110 Å². The topological polar surface area (TPSA) is 73.5 Å². The Morgan fingerprint density at radius 2 is 1.65 bits per heavy atom. The number of para-hydroxylation sites is 1. The molecule has 0 aliphatic carbocycles. The third-order valence-corrected chi connectivity index (χ3v) is 6.71. The van der Waals surface area contributed by atoms with Crippen molar-refractivity contribution < 1.29 is 9.53 Å². The standard InChI is InChI=1S/C28H16Br2ClN3O3/c29-20-14-19(25(23(30)15-20)37-28(36)18-6-2-1-3-7-18)16-32-34-26(17-10-12-21(31)13-11-17)33-24-9-5-4-8-22(24)27(34)35/h1-16H. The van der Waals surface area contributed by atoms with Crippen LogP contribution in [0.4, 0.5) is 0 Å². The Hall–Kier alpha value is -3.59. The van der Waals surface area contributed by atoms with Gasteiger partial charge in [0.05, 0.1) is 27.2 Å². The van der Waals surface area contributed by atoms with E-state index in [0.29, 0.717) is 42.9 Å². The van der Waals surface area contributed by atoms with E-state index < -0.39 is 5.97 Å². The minimum atomic E-state index is -0.523. The maximum Gasteiger partial charge on any atom is 0.343 e. The molecular formula is C28H16Br2ClN3O3. The Morgan fingerprint density at radius 3 is 2.41 bits per heavy atom. The number of hydrogen-bond donors (Lipinski definition) is 0. The quantitative estimate of drug-likeness (QED) is 0.115. The third kappa shape index (κ3) is 5.41. The molecule has 5 rings (SSSR count). The highest BCUT2D eigenvalue weighted by Gasteiger charge is 2.16. The van der Waals surface area contributed by atoms with Crippen molar-refractivity contribution in [2.24, 2.45) is 5.10 Å². The van der Waals surface area contributed by atoms with E-state index in [4.69, 9.17) is 21.3 Å². The van der Waals surface area contributed by atoms with Crippen molar-refractivity contribution in [3.8, 4) is 17.1 Å². The van der Waals surface area contributed by atoms with E-state index in [1.165, 1.54) is 10.9 Å². The summed E-state index contributed by atoms with van der Waals surface area (Å²) in [6.07, 6.45) is 1.46. The molecule has 0 N–H and O–H groups in total. The molecule has 6 nitrogen and oxygen atoms in total. The number of esters is 1. The van der Waals surface area contributed by atoms with Gasteiger partial charge in [-0.3, -0.25) is 4.79 Å². The van der Waals surface area contributed by atoms with Gasteiger partial charge in [0.15, 0.2) is 11.6 Å². The van der Waals surface area contributed by atoms with Crippen molar-refractivity contribution in [1.29, 1.82) is 0 Å². The van der Waals surface area contributed by atoms with E-state index in [1.807, 2.05) is 12.1 Å². The van der Waals surface area contributed by atoms with Gasteiger partial charge in [0.1, 0.15) is 0 Å². The maximum absolute atomic E-state index is 13.5. The SMILES string of the molecule is O=C(Oc1c(Br)cc(Br)cc1C=Nn1c(-c2ccc(Cl)cc2)nc2ccccc2c1=O)c1ccccc1. The van der Waals surface area contributed by atoms with E-state index in [1.54, 1.807) is 78.9 Å². The Bertz CT molecular complexity index is 1720. The van der Waals surface area contributed by atoms with E-state index in [9.17, 15) is 9.59 Å². The zero-order valence-corrected chi connectivity index (χ0v) is 22.9. The number of rotatable bonds is 5. The zero-order chi connectivity index (χ0) is 25.9. The first-order valence-electron chi connectivity index (χ1n) is 11.0. The van der Waals surface area contributed by atoms with Crippen LogP contribution in [0.5, 0.6) is 5.75 Å². The van der Waals surface area contributed by atoms with Crippen molar-refractivity contribution in [2.75, 3.05) is 0 Å². The molecule has 0 radical (unpaired) electrons. The molecule has 0 spiro atoms. The van der Waals surface area contributed by atoms with Gasteiger partial charge in [-0.1, -0.05) is 57.9 Å². The lowest BCUT2D eigenvalue weighted by atomic mass is 10.2. The fourth-order valence-electron chi connectivity index (χ4n) is 3.65. The van der Waals surface area contributed by atoms with Crippen LogP contribution in [0.3, 0.4) is 0 Å². The van der Waals surface area contributed by atoms with E-state index in [-0.39, 0.29) is 11.3 Å². The summed E-state index contributed by atoms with van der Waals surface area (Å²) in [6.45, 7) is 0. The molecule has 0 aliphatic heterocycles. The average Bonchev–Trinajstić information content (AvgIpc) is 2.90. The minimum Gasteiger partial charge on any atom is -0.421 e. The number of ether oxygens (including phenoxy) is 1. The van der Waals surface area contributed by atoms with Crippen LogP contribution in [0.2, 0.25) is 5.02 Å². The van der Waals surface area contributed by atoms with E-state index in [0.717, 1.165) is 4.47 Å². The molecular weight excluding hydrogens is 622 g/mol. The van der Waals surface area contributed by atoms with Crippen LogP contribution in [0.25, 0.3) is 22.3 Å². The Labute approximate surface area is 233 Å². The normalized spacial score (nSPS) is 11.2. The number of halogens is 3. The highest BCUT2D eigenvalue weighted by molar-refractivity contribution is 9.11. The number of aromatic nitrogens is 2. The van der Waals surface area contributed by atoms with Crippen LogP contribution < -0.4 is 10.3 Å².